The number of unbranched alkanes of at least 4 members (excludes halogenated alkanes) is 1. The van der Waals surface area contributed by atoms with Crippen LogP contribution < -0.4 is 11.1 Å². The molecule has 1 aliphatic rings. The summed E-state index contributed by atoms with van der Waals surface area (Å²) in [6.07, 6.45) is 13.1. The normalized spacial score (nSPS) is 15.6. The van der Waals surface area contributed by atoms with Gasteiger partial charge in [0, 0.05) is 43.7 Å². The highest BCUT2D eigenvalue weighted by Gasteiger charge is 2.17. The molecule has 0 unspecified atom stereocenters. The first kappa shape index (κ1) is 21.6. The molecule has 1 saturated heterocycles. The van der Waals surface area contributed by atoms with Crippen molar-refractivity contribution in [2.45, 2.75) is 52.0 Å². The predicted octanol–water partition coefficient (Wildman–Crippen LogP) is 3.95. The molecule has 2 rings (SSSR count). The fraction of sp³-hybridized carbons (Fsp3) is 0.619. The molecular weight excluding hydrogens is 354 g/mol. The van der Waals surface area contributed by atoms with Gasteiger partial charge in [0.15, 0.2) is 0 Å². The van der Waals surface area contributed by atoms with Gasteiger partial charge < -0.3 is 16.0 Å². The molecule has 5 nitrogen and oxygen atoms in total. The number of rotatable bonds is 11. The lowest BCUT2D eigenvalue weighted by Crippen LogP contribution is -2.33. The topological polar surface area (TPSA) is 77.4 Å². The average Bonchev–Trinajstić information content (AvgIpc) is 3.04. The van der Waals surface area contributed by atoms with Crippen LogP contribution in [0, 0.1) is 11.3 Å². The Kier molecular flexibility index (Phi) is 10.1. The first-order valence-corrected chi connectivity index (χ1v) is 11.0. The van der Waals surface area contributed by atoms with E-state index in [0.717, 1.165) is 55.0 Å². The number of anilines is 1. The molecule has 0 bridgehead atoms. The highest BCUT2D eigenvalue weighted by Crippen LogP contribution is 2.33. The van der Waals surface area contributed by atoms with E-state index < -0.39 is 0 Å². The molecule has 148 valence electrons. The molecule has 0 saturated carbocycles. The van der Waals surface area contributed by atoms with Gasteiger partial charge in [0.25, 0.3) is 0 Å². The quantitative estimate of drug-likeness (QED) is 0.564. The molecule has 3 N–H and O–H groups in total. The maximum Gasteiger partial charge on any atom is 0.107 e. The van der Waals surface area contributed by atoms with E-state index in [1.807, 2.05) is 12.3 Å². The number of hydrogen-bond donors (Lipinski definition) is 2. The minimum absolute atomic E-state index is 0.405. The summed E-state index contributed by atoms with van der Waals surface area (Å²) < 4.78 is 0. The van der Waals surface area contributed by atoms with Gasteiger partial charge in [-0.25, -0.2) is 0 Å². The van der Waals surface area contributed by atoms with Crippen LogP contribution in [0.15, 0.2) is 17.1 Å². The number of piperidine rings is 1. The summed E-state index contributed by atoms with van der Waals surface area (Å²) in [5.41, 5.74) is 7.65. The standard InChI is InChI=1S/C21H33N5S/c1-2-3-4-6-10-24-11-9-20-18(16-22)19(17-23)21(27-20)25-12-15-26-13-7-5-8-14-26/h4,6,10,25H,2-3,5,7-9,11-16,22H2,1H3/b6-4-,24-10?. The zero-order chi connectivity index (χ0) is 19.3. The minimum Gasteiger partial charge on any atom is -0.375 e. The Bertz CT molecular complexity index is 650. The molecule has 0 spiro atoms. The molecule has 1 aromatic rings. The van der Waals surface area contributed by atoms with Crippen LogP contribution in [0.1, 0.15) is 55.0 Å². The molecule has 0 aliphatic carbocycles. The van der Waals surface area contributed by atoms with Crippen molar-refractivity contribution in [3.8, 4) is 6.07 Å². The summed E-state index contributed by atoms with van der Waals surface area (Å²) in [7, 11) is 0. The Morgan fingerprint density at radius 3 is 2.85 bits per heavy atom. The largest absolute Gasteiger partial charge is 0.375 e. The molecule has 0 radical (unpaired) electrons. The second kappa shape index (κ2) is 12.7. The molecule has 6 heteroatoms. The van der Waals surface area contributed by atoms with Crippen LogP contribution in [0.2, 0.25) is 0 Å². The highest BCUT2D eigenvalue weighted by molar-refractivity contribution is 7.16. The van der Waals surface area contributed by atoms with Crippen LogP contribution in [0.3, 0.4) is 0 Å². The summed E-state index contributed by atoms with van der Waals surface area (Å²) in [5.74, 6) is 0. The average molecular weight is 388 g/mol. The monoisotopic (exact) mass is 387 g/mol. The molecule has 1 aromatic heterocycles. The van der Waals surface area contributed by atoms with Crippen molar-refractivity contribution in [1.82, 2.24) is 4.90 Å². The van der Waals surface area contributed by atoms with Crippen molar-refractivity contribution >= 4 is 22.6 Å². The predicted molar refractivity (Wildman–Crippen MR) is 117 cm³/mol. The fourth-order valence-electron chi connectivity index (χ4n) is 3.31. The second-order valence-corrected chi connectivity index (χ2v) is 7.98. The first-order chi connectivity index (χ1) is 13.3. The third kappa shape index (κ3) is 7.10. The Morgan fingerprint density at radius 1 is 1.33 bits per heavy atom. The second-order valence-electron chi connectivity index (χ2n) is 6.88. The van der Waals surface area contributed by atoms with E-state index in [1.54, 1.807) is 11.3 Å². The van der Waals surface area contributed by atoms with E-state index >= 15 is 0 Å². The van der Waals surface area contributed by atoms with E-state index in [0.29, 0.717) is 6.54 Å². The lowest BCUT2D eigenvalue weighted by Gasteiger charge is -2.26. The van der Waals surface area contributed by atoms with E-state index in [4.69, 9.17) is 5.73 Å². The Balaban J connectivity index is 1.90. The van der Waals surface area contributed by atoms with Gasteiger partial charge in [0.05, 0.1) is 5.56 Å². The van der Waals surface area contributed by atoms with Crippen molar-refractivity contribution in [1.29, 1.82) is 5.26 Å². The number of nitriles is 1. The zero-order valence-electron chi connectivity index (χ0n) is 16.5. The Morgan fingerprint density at radius 2 is 2.15 bits per heavy atom. The number of aliphatic imine (C=N–C) groups is 1. The molecule has 0 aromatic carbocycles. The summed E-state index contributed by atoms with van der Waals surface area (Å²) in [6, 6.07) is 2.35. The number of nitrogens with zero attached hydrogens (tertiary/aromatic N) is 3. The maximum atomic E-state index is 9.60. The fourth-order valence-corrected chi connectivity index (χ4v) is 4.50. The van der Waals surface area contributed by atoms with Crippen molar-refractivity contribution in [2.75, 3.05) is 38.0 Å². The molecular formula is C21H33N5S. The van der Waals surface area contributed by atoms with Gasteiger partial charge in [-0.2, -0.15) is 5.26 Å². The number of likely N-dealkylation sites (tertiary alicyclic amines) is 1. The van der Waals surface area contributed by atoms with Gasteiger partial charge in [0.1, 0.15) is 11.1 Å². The van der Waals surface area contributed by atoms with Gasteiger partial charge in [-0.1, -0.05) is 25.8 Å². The minimum atomic E-state index is 0.405. The van der Waals surface area contributed by atoms with Gasteiger partial charge in [-0.3, -0.25) is 4.99 Å². The van der Waals surface area contributed by atoms with E-state index in [1.165, 1.54) is 37.2 Å². The van der Waals surface area contributed by atoms with Gasteiger partial charge >= 0.3 is 0 Å². The third-order valence-corrected chi connectivity index (χ3v) is 6.07. The third-order valence-electron chi connectivity index (χ3n) is 4.82. The first-order valence-electron chi connectivity index (χ1n) is 10.2. The zero-order valence-corrected chi connectivity index (χ0v) is 17.4. The van der Waals surface area contributed by atoms with Gasteiger partial charge in [-0.15, -0.1) is 11.3 Å². The van der Waals surface area contributed by atoms with Crippen molar-refractivity contribution < 1.29 is 0 Å². The lowest BCUT2D eigenvalue weighted by atomic mass is 10.1. The molecule has 0 atom stereocenters. The highest BCUT2D eigenvalue weighted by atomic mass is 32.1. The van der Waals surface area contributed by atoms with Crippen LogP contribution >= 0.6 is 11.3 Å². The van der Waals surface area contributed by atoms with Crippen LogP contribution in [0.4, 0.5) is 5.00 Å². The maximum absolute atomic E-state index is 9.60. The van der Waals surface area contributed by atoms with Gasteiger partial charge in [-0.05, 0) is 44.0 Å². The lowest BCUT2D eigenvalue weighted by molar-refractivity contribution is 0.237. The molecule has 1 aliphatic heterocycles. The van der Waals surface area contributed by atoms with Crippen LogP contribution in [0.25, 0.3) is 0 Å². The van der Waals surface area contributed by atoms with Crippen molar-refractivity contribution in [2.24, 2.45) is 10.7 Å². The SMILES string of the molecule is CCC/C=C\C=NCCc1sc(NCCN2CCCCC2)c(C#N)c1CN. The van der Waals surface area contributed by atoms with Crippen LogP contribution in [-0.2, 0) is 13.0 Å². The molecule has 2 heterocycles. The Hall–Kier alpha value is -1.68. The number of thiophene rings is 1. The Labute approximate surface area is 168 Å². The van der Waals surface area contributed by atoms with E-state index in [9.17, 15) is 5.26 Å². The molecule has 1 fully saturated rings. The number of hydrogen-bond acceptors (Lipinski definition) is 6. The summed E-state index contributed by atoms with van der Waals surface area (Å²) >= 11 is 1.67. The summed E-state index contributed by atoms with van der Waals surface area (Å²) in [6.45, 7) is 7.59. The number of nitrogens with one attached hydrogen (secondary N) is 1. The van der Waals surface area contributed by atoms with Crippen LogP contribution in [0.5, 0.6) is 0 Å². The van der Waals surface area contributed by atoms with E-state index in [2.05, 4.69) is 34.3 Å². The number of nitrogens with two attached hydrogens (primary N) is 1. The van der Waals surface area contributed by atoms with Crippen molar-refractivity contribution in [3.05, 3.63) is 28.2 Å². The molecule has 27 heavy (non-hydrogen) atoms. The van der Waals surface area contributed by atoms with Crippen molar-refractivity contribution in [3.63, 3.8) is 0 Å². The number of allylic oxidation sites excluding steroid dienone is 2. The van der Waals surface area contributed by atoms with Gasteiger partial charge in [0.2, 0.25) is 0 Å². The summed E-state index contributed by atoms with van der Waals surface area (Å²) in [5, 5.41) is 14.0. The van der Waals surface area contributed by atoms with Crippen LogP contribution in [-0.4, -0.2) is 43.8 Å². The smallest absolute Gasteiger partial charge is 0.107 e. The molecule has 0 amide bonds. The van der Waals surface area contributed by atoms with E-state index in [-0.39, 0.29) is 0 Å². The summed E-state index contributed by atoms with van der Waals surface area (Å²) in [4.78, 5) is 8.13.